The Bertz CT molecular complexity index is 480. The zero-order valence-electron chi connectivity index (χ0n) is 11.4. The van der Waals surface area contributed by atoms with Crippen LogP contribution in [0.3, 0.4) is 0 Å². The molecule has 1 aromatic rings. The minimum atomic E-state index is -0.482. The summed E-state index contributed by atoms with van der Waals surface area (Å²) in [6.07, 6.45) is 2.28. The number of carbonyl (C=O) groups is 1. The molecule has 1 atom stereocenters. The zero-order valence-corrected chi connectivity index (χ0v) is 11.4. The first-order valence-electron chi connectivity index (χ1n) is 6.18. The van der Waals surface area contributed by atoms with Gasteiger partial charge < -0.3 is 10.5 Å². The van der Waals surface area contributed by atoms with Crippen molar-refractivity contribution >= 4 is 11.5 Å². The van der Waals surface area contributed by atoms with E-state index in [1.165, 1.54) is 0 Å². The second-order valence-corrected chi connectivity index (χ2v) is 6.03. The highest BCUT2D eigenvalue weighted by Crippen LogP contribution is 2.43. The minimum Gasteiger partial charge on any atom is -0.397 e. The van der Waals surface area contributed by atoms with Gasteiger partial charge in [-0.3, -0.25) is 9.78 Å². The van der Waals surface area contributed by atoms with Gasteiger partial charge in [-0.1, -0.05) is 0 Å². The van der Waals surface area contributed by atoms with Crippen LogP contribution in [0.5, 0.6) is 0 Å². The van der Waals surface area contributed by atoms with E-state index >= 15 is 0 Å². The summed E-state index contributed by atoms with van der Waals surface area (Å²) in [4.78, 5) is 16.7. The van der Waals surface area contributed by atoms with E-state index in [0.29, 0.717) is 17.8 Å². The first-order valence-corrected chi connectivity index (χ1v) is 6.18. The van der Waals surface area contributed by atoms with E-state index in [1.54, 1.807) is 18.3 Å². The Kier molecular flexibility index (Phi) is 2.93. The van der Waals surface area contributed by atoms with Crippen molar-refractivity contribution in [3.05, 3.63) is 24.0 Å². The van der Waals surface area contributed by atoms with E-state index in [1.807, 2.05) is 27.7 Å². The van der Waals surface area contributed by atoms with Crippen LogP contribution in [0.1, 0.15) is 44.6 Å². The summed E-state index contributed by atoms with van der Waals surface area (Å²) in [6.45, 7) is 7.90. The van der Waals surface area contributed by atoms with Crippen molar-refractivity contribution in [1.29, 1.82) is 0 Å². The molecule has 1 unspecified atom stereocenters. The Labute approximate surface area is 108 Å². The van der Waals surface area contributed by atoms with Crippen LogP contribution in [0.4, 0.5) is 5.69 Å². The van der Waals surface area contributed by atoms with Gasteiger partial charge in [0.05, 0.1) is 22.8 Å². The van der Waals surface area contributed by atoms with Gasteiger partial charge in [-0.2, -0.15) is 0 Å². The number of nitrogens with zero attached hydrogens (tertiary/aromatic N) is 1. The largest absolute Gasteiger partial charge is 0.397 e. The number of nitrogen functional groups attached to an aromatic ring is 1. The van der Waals surface area contributed by atoms with Crippen molar-refractivity contribution < 1.29 is 9.53 Å². The highest BCUT2D eigenvalue weighted by molar-refractivity contribution is 6.01. The number of ether oxygens (including phenoxy) is 1. The SMILES string of the molecule is CC1(C)CC(C(=O)c2ncccc2N)C(C)(C)O1. The van der Waals surface area contributed by atoms with Gasteiger partial charge in [-0.15, -0.1) is 0 Å². The van der Waals surface area contributed by atoms with Gasteiger partial charge in [0.15, 0.2) is 5.78 Å². The normalized spacial score (nSPS) is 25.0. The molecule has 1 aliphatic rings. The molecule has 0 aliphatic carbocycles. The molecule has 0 spiro atoms. The third kappa shape index (κ3) is 2.25. The van der Waals surface area contributed by atoms with Crippen LogP contribution in [0, 0.1) is 5.92 Å². The lowest BCUT2D eigenvalue weighted by molar-refractivity contribution is -0.0712. The standard InChI is InChI=1S/C14H20N2O2/c1-13(2)8-9(14(3,4)18-13)12(17)11-10(15)6-5-7-16-11/h5-7,9H,8,15H2,1-4H3. The van der Waals surface area contributed by atoms with Crippen LogP contribution < -0.4 is 5.73 Å². The first-order chi connectivity index (χ1) is 8.23. The first kappa shape index (κ1) is 13.0. The number of hydrogen-bond donors (Lipinski definition) is 1. The fraction of sp³-hybridized carbons (Fsp3) is 0.571. The van der Waals surface area contributed by atoms with Crippen LogP contribution >= 0.6 is 0 Å². The van der Waals surface area contributed by atoms with Crippen molar-refractivity contribution in [2.24, 2.45) is 5.92 Å². The summed E-state index contributed by atoms with van der Waals surface area (Å²) < 4.78 is 5.94. The number of pyridine rings is 1. The molecule has 0 saturated carbocycles. The predicted molar refractivity (Wildman–Crippen MR) is 70.3 cm³/mol. The van der Waals surface area contributed by atoms with E-state index < -0.39 is 5.60 Å². The second kappa shape index (κ2) is 4.05. The molecule has 4 heteroatoms. The number of Topliss-reactive ketones (excluding diaryl/α,β-unsaturated/α-hetero) is 1. The molecule has 1 aromatic heterocycles. The summed E-state index contributed by atoms with van der Waals surface area (Å²) in [5.74, 6) is -0.228. The van der Waals surface area contributed by atoms with Crippen LogP contribution in [-0.2, 0) is 4.74 Å². The van der Waals surface area contributed by atoms with Crippen LogP contribution in [-0.4, -0.2) is 22.0 Å². The van der Waals surface area contributed by atoms with Gasteiger partial charge in [0.2, 0.25) is 0 Å². The van der Waals surface area contributed by atoms with Crippen molar-refractivity contribution in [1.82, 2.24) is 4.98 Å². The van der Waals surface area contributed by atoms with Crippen molar-refractivity contribution in [2.45, 2.75) is 45.3 Å². The third-order valence-electron chi connectivity index (χ3n) is 3.46. The Morgan fingerprint density at radius 3 is 2.61 bits per heavy atom. The van der Waals surface area contributed by atoms with Crippen molar-refractivity contribution in [3.63, 3.8) is 0 Å². The predicted octanol–water partition coefficient (Wildman–Crippen LogP) is 2.44. The van der Waals surface area contributed by atoms with Gasteiger partial charge in [0.25, 0.3) is 0 Å². The average Bonchev–Trinajstić information content (AvgIpc) is 2.46. The molecule has 0 radical (unpaired) electrons. The zero-order chi connectivity index (χ0) is 13.6. The van der Waals surface area contributed by atoms with Gasteiger partial charge in [0.1, 0.15) is 5.69 Å². The maximum atomic E-state index is 12.5. The van der Waals surface area contributed by atoms with E-state index in [4.69, 9.17) is 10.5 Å². The Hall–Kier alpha value is -1.42. The number of anilines is 1. The smallest absolute Gasteiger partial charge is 0.189 e. The van der Waals surface area contributed by atoms with Gasteiger partial charge >= 0.3 is 0 Å². The van der Waals surface area contributed by atoms with Gasteiger partial charge in [-0.25, -0.2) is 0 Å². The Morgan fingerprint density at radius 2 is 2.11 bits per heavy atom. The molecule has 2 N–H and O–H groups in total. The molecule has 2 rings (SSSR count). The molecule has 0 aromatic carbocycles. The van der Waals surface area contributed by atoms with Crippen molar-refractivity contribution in [3.8, 4) is 0 Å². The lowest BCUT2D eigenvalue weighted by Crippen LogP contribution is -2.34. The maximum Gasteiger partial charge on any atom is 0.189 e. The van der Waals surface area contributed by atoms with Crippen LogP contribution in [0.2, 0.25) is 0 Å². The molecule has 0 bridgehead atoms. The van der Waals surface area contributed by atoms with Gasteiger partial charge in [-0.05, 0) is 46.2 Å². The average molecular weight is 248 g/mol. The molecule has 18 heavy (non-hydrogen) atoms. The molecule has 4 nitrogen and oxygen atoms in total. The van der Waals surface area contributed by atoms with E-state index in [0.717, 1.165) is 0 Å². The molecular formula is C14H20N2O2. The van der Waals surface area contributed by atoms with Crippen LogP contribution in [0.25, 0.3) is 0 Å². The summed E-state index contributed by atoms with van der Waals surface area (Å²) in [5, 5.41) is 0. The van der Waals surface area contributed by atoms with E-state index in [2.05, 4.69) is 4.98 Å². The number of aromatic nitrogens is 1. The quantitative estimate of drug-likeness (QED) is 0.816. The molecule has 2 heterocycles. The fourth-order valence-corrected chi connectivity index (χ4v) is 2.76. The number of rotatable bonds is 2. The molecular weight excluding hydrogens is 228 g/mol. The van der Waals surface area contributed by atoms with Crippen LogP contribution in [0.15, 0.2) is 18.3 Å². The van der Waals surface area contributed by atoms with Gasteiger partial charge in [0, 0.05) is 6.20 Å². The maximum absolute atomic E-state index is 12.5. The lowest BCUT2D eigenvalue weighted by atomic mass is 9.82. The van der Waals surface area contributed by atoms with E-state index in [-0.39, 0.29) is 17.3 Å². The number of carbonyl (C=O) groups excluding carboxylic acids is 1. The fourth-order valence-electron chi connectivity index (χ4n) is 2.76. The topological polar surface area (TPSA) is 65.2 Å². The second-order valence-electron chi connectivity index (χ2n) is 6.03. The Morgan fingerprint density at radius 1 is 1.44 bits per heavy atom. The third-order valence-corrected chi connectivity index (χ3v) is 3.46. The molecule has 98 valence electrons. The highest BCUT2D eigenvalue weighted by Gasteiger charge is 2.49. The Balaban J connectivity index is 2.33. The highest BCUT2D eigenvalue weighted by atomic mass is 16.5. The van der Waals surface area contributed by atoms with Crippen molar-refractivity contribution in [2.75, 3.05) is 5.73 Å². The number of nitrogens with two attached hydrogens (primary N) is 1. The van der Waals surface area contributed by atoms with E-state index in [9.17, 15) is 4.79 Å². The monoisotopic (exact) mass is 248 g/mol. The molecule has 0 amide bonds. The summed E-state index contributed by atoms with van der Waals surface area (Å²) >= 11 is 0. The molecule has 1 fully saturated rings. The number of hydrogen-bond acceptors (Lipinski definition) is 4. The molecule has 1 saturated heterocycles. The summed E-state index contributed by atoms with van der Waals surface area (Å²) in [5.41, 5.74) is 5.85. The number of ketones is 1. The minimum absolute atomic E-state index is 0.0244. The summed E-state index contributed by atoms with van der Waals surface area (Å²) in [6, 6.07) is 3.43. The molecule has 1 aliphatic heterocycles. The summed E-state index contributed by atoms with van der Waals surface area (Å²) in [7, 11) is 0. The lowest BCUT2D eigenvalue weighted by Gasteiger charge is -2.26.